The first-order valence-corrected chi connectivity index (χ1v) is 14.4. The number of carbonyl (C=O) groups is 1. The summed E-state index contributed by atoms with van der Waals surface area (Å²) in [6, 6.07) is 20.1. The molecular formula is C31H34Cl2N4O3. The number of amides is 2. The second-order valence-corrected chi connectivity index (χ2v) is 11.0. The van der Waals surface area contributed by atoms with Crippen LogP contribution in [0.2, 0.25) is 10.0 Å². The summed E-state index contributed by atoms with van der Waals surface area (Å²) in [7, 11) is 0. The maximum Gasteiger partial charge on any atom is 0.326 e. The number of nitrogens with one attached hydrogen (secondary N) is 1. The number of halogens is 2. The third-order valence-electron chi connectivity index (χ3n) is 6.95. The van der Waals surface area contributed by atoms with Gasteiger partial charge in [0.05, 0.1) is 24.3 Å². The van der Waals surface area contributed by atoms with Crippen molar-refractivity contribution < 1.29 is 14.3 Å². The molecule has 1 fully saturated rings. The van der Waals surface area contributed by atoms with Crippen LogP contribution in [0.5, 0.6) is 11.5 Å². The van der Waals surface area contributed by atoms with Crippen LogP contribution in [-0.2, 0) is 0 Å². The van der Waals surface area contributed by atoms with Crippen molar-refractivity contribution in [1.29, 1.82) is 0 Å². The number of rotatable bonds is 7. The lowest BCUT2D eigenvalue weighted by atomic mass is 9.93. The van der Waals surface area contributed by atoms with Gasteiger partial charge in [0, 0.05) is 42.3 Å². The highest BCUT2D eigenvalue weighted by atomic mass is 35.5. The normalized spacial score (nSPS) is 19.1. The van der Waals surface area contributed by atoms with Crippen LogP contribution >= 0.6 is 23.2 Å². The smallest absolute Gasteiger partial charge is 0.326 e. The zero-order valence-corrected chi connectivity index (χ0v) is 24.5. The average Bonchev–Trinajstić information content (AvgIpc) is 3.34. The van der Waals surface area contributed by atoms with Crippen molar-refractivity contribution in [2.45, 2.75) is 39.0 Å². The summed E-state index contributed by atoms with van der Waals surface area (Å²) in [4.78, 5) is 23.4. The lowest BCUT2D eigenvalue weighted by Gasteiger charge is -2.36. The Morgan fingerprint density at radius 2 is 1.60 bits per heavy atom. The van der Waals surface area contributed by atoms with Crippen molar-refractivity contribution in [1.82, 2.24) is 15.1 Å². The van der Waals surface area contributed by atoms with Gasteiger partial charge in [0.1, 0.15) is 23.4 Å². The first-order chi connectivity index (χ1) is 19.4. The zero-order valence-electron chi connectivity index (χ0n) is 22.9. The van der Waals surface area contributed by atoms with E-state index in [0.717, 1.165) is 29.8 Å². The summed E-state index contributed by atoms with van der Waals surface area (Å²) in [5.41, 5.74) is 2.62. The fourth-order valence-corrected chi connectivity index (χ4v) is 5.41. The third-order valence-corrected chi connectivity index (χ3v) is 7.46. The molecule has 210 valence electrons. The molecule has 7 nitrogen and oxygen atoms in total. The van der Waals surface area contributed by atoms with Crippen LogP contribution in [0, 0.1) is 0 Å². The molecule has 9 heteroatoms. The minimum Gasteiger partial charge on any atom is -0.494 e. The molecule has 0 bridgehead atoms. The van der Waals surface area contributed by atoms with Gasteiger partial charge in [0.15, 0.2) is 0 Å². The first-order valence-electron chi connectivity index (χ1n) is 13.7. The van der Waals surface area contributed by atoms with E-state index in [9.17, 15) is 4.79 Å². The molecule has 0 aromatic heterocycles. The van der Waals surface area contributed by atoms with Crippen molar-refractivity contribution in [2.75, 3.05) is 32.8 Å². The van der Waals surface area contributed by atoms with Gasteiger partial charge in [0.25, 0.3) is 0 Å². The monoisotopic (exact) mass is 580 g/mol. The van der Waals surface area contributed by atoms with E-state index in [2.05, 4.69) is 5.32 Å². The maximum absolute atomic E-state index is 14.4. The molecule has 0 unspecified atom stereocenters. The van der Waals surface area contributed by atoms with Gasteiger partial charge in [-0.3, -0.25) is 9.89 Å². The third kappa shape index (κ3) is 6.07. The molecule has 2 aliphatic rings. The highest BCUT2D eigenvalue weighted by Gasteiger charge is 2.44. The molecule has 0 spiro atoms. The number of ether oxygens (including phenoxy) is 2. The van der Waals surface area contributed by atoms with E-state index >= 15 is 0 Å². The summed E-state index contributed by atoms with van der Waals surface area (Å²) < 4.78 is 12.1. The number of amidine groups is 1. The molecule has 3 aromatic rings. The number of nitrogens with zero attached hydrogens (tertiary/aromatic N) is 3. The van der Waals surface area contributed by atoms with Crippen LogP contribution in [-0.4, -0.2) is 60.6 Å². The summed E-state index contributed by atoms with van der Waals surface area (Å²) in [6.45, 7) is 9.13. The first kappa shape index (κ1) is 28.3. The molecule has 0 saturated carbocycles. The van der Waals surface area contributed by atoms with Gasteiger partial charge in [-0.15, -0.1) is 0 Å². The number of benzene rings is 3. The summed E-state index contributed by atoms with van der Waals surface area (Å²) in [6.07, 6.45) is -0.0888. The molecular weight excluding hydrogens is 547 g/mol. The molecule has 3 aromatic carbocycles. The van der Waals surface area contributed by atoms with E-state index in [1.807, 2.05) is 97.3 Å². The minimum atomic E-state index is -0.408. The SMILES string of the molecule is CCOc1ccc(C2=N[C@H](c3ccc(Cl)cc3)[C@H](c3ccc(Cl)cc3)N2C(=O)N2CCNCC2)c(OC(C)C)c1. The lowest BCUT2D eigenvalue weighted by molar-refractivity contribution is 0.157. The van der Waals surface area contributed by atoms with E-state index in [1.165, 1.54) is 0 Å². The standard InChI is InChI=1S/C31H34Cl2N4O3/c1-4-39-25-13-14-26(27(19-25)40-20(2)3)30-35-28(21-5-9-23(32)10-6-21)29(22-7-11-24(33)12-8-22)37(30)31(38)36-17-15-34-16-18-36/h5-14,19-20,28-29,34H,4,15-18H2,1-3H3/t28-,29+/m1/s1. The Morgan fingerprint density at radius 3 is 2.20 bits per heavy atom. The highest BCUT2D eigenvalue weighted by Crippen LogP contribution is 2.45. The number of piperazine rings is 1. The van der Waals surface area contributed by atoms with Crippen LogP contribution < -0.4 is 14.8 Å². The Hall–Kier alpha value is -3.26. The second kappa shape index (κ2) is 12.5. The number of aliphatic imine (C=N–C) groups is 1. The predicted octanol–water partition coefficient (Wildman–Crippen LogP) is 6.75. The summed E-state index contributed by atoms with van der Waals surface area (Å²) >= 11 is 12.5. The molecule has 2 heterocycles. The van der Waals surface area contributed by atoms with Gasteiger partial charge < -0.3 is 19.7 Å². The second-order valence-electron chi connectivity index (χ2n) is 10.1. The number of hydrogen-bond donors (Lipinski definition) is 1. The Morgan fingerprint density at radius 1 is 0.975 bits per heavy atom. The van der Waals surface area contributed by atoms with Crippen molar-refractivity contribution in [3.63, 3.8) is 0 Å². The Bertz CT molecular complexity index is 1360. The Labute approximate surface area is 245 Å². The van der Waals surface area contributed by atoms with Crippen molar-refractivity contribution >= 4 is 35.1 Å². The topological polar surface area (TPSA) is 66.4 Å². The lowest BCUT2D eigenvalue weighted by Crippen LogP contribution is -2.53. The Kier molecular flexibility index (Phi) is 8.84. The minimum absolute atomic E-state index is 0.0888. The quantitative estimate of drug-likeness (QED) is 0.335. The fraction of sp³-hybridized carbons (Fsp3) is 0.355. The molecule has 5 rings (SSSR count). The van der Waals surface area contributed by atoms with Gasteiger partial charge in [-0.2, -0.15) is 0 Å². The van der Waals surface area contributed by atoms with E-state index in [0.29, 0.717) is 47.1 Å². The predicted molar refractivity (Wildman–Crippen MR) is 160 cm³/mol. The average molecular weight is 582 g/mol. The zero-order chi connectivity index (χ0) is 28.2. The summed E-state index contributed by atoms with van der Waals surface area (Å²) in [5.74, 6) is 1.87. The largest absolute Gasteiger partial charge is 0.494 e. The molecule has 0 aliphatic carbocycles. The number of urea groups is 1. The van der Waals surface area contributed by atoms with Crippen molar-refractivity contribution in [3.8, 4) is 11.5 Å². The molecule has 1 saturated heterocycles. The van der Waals surface area contributed by atoms with E-state index in [1.54, 1.807) is 0 Å². The molecule has 2 atom stereocenters. The molecule has 1 N–H and O–H groups in total. The van der Waals surface area contributed by atoms with Gasteiger partial charge in [-0.05, 0) is 68.3 Å². The summed E-state index contributed by atoms with van der Waals surface area (Å²) in [5, 5.41) is 4.61. The molecule has 0 radical (unpaired) electrons. The van der Waals surface area contributed by atoms with Crippen LogP contribution in [0.25, 0.3) is 0 Å². The van der Waals surface area contributed by atoms with E-state index < -0.39 is 6.04 Å². The van der Waals surface area contributed by atoms with Crippen LogP contribution in [0.1, 0.15) is 49.5 Å². The molecule has 2 aliphatic heterocycles. The highest BCUT2D eigenvalue weighted by molar-refractivity contribution is 6.30. The van der Waals surface area contributed by atoms with Crippen molar-refractivity contribution in [2.24, 2.45) is 4.99 Å². The Balaban J connectivity index is 1.69. The van der Waals surface area contributed by atoms with Crippen molar-refractivity contribution in [3.05, 3.63) is 93.5 Å². The van der Waals surface area contributed by atoms with E-state index in [4.69, 9.17) is 37.7 Å². The van der Waals surface area contributed by atoms with Gasteiger partial charge >= 0.3 is 6.03 Å². The fourth-order valence-electron chi connectivity index (χ4n) is 5.16. The number of hydrogen-bond acceptors (Lipinski definition) is 5. The van der Waals surface area contributed by atoms with Gasteiger partial charge in [-0.1, -0.05) is 47.5 Å². The molecule has 2 amide bonds. The van der Waals surface area contributed by atoms with Gasteiger partial charge in [-0.25, -0.2) is 4.79 Å². The maximum atomic E-state index is 14.4. The van der Waals surface area contributed by atoms with E-state index in [-0.39, 0.29) is 18.2 Å². The van der Waals surface area contributed by atoms with Crippen LogP contribution in [0.3, 0.4) is 0 Å². The van der Waals surface area contributed by atoms with Crippen LogP contribution in [0.4, 0.5) is 4.79 Å². The van der Waals surface area contributed by atoms with Gasteiger partial charge in [0.2, 0.25) is 0 Å². The van der Waals surface area contributed by atoms with Crippen LogP contribution in [0.15, 0.2) is 71.7 Å². The molecule has 40 heavy (non-hydrogen) atoms. The number of carbonyl (C=O) groups excluding carboxylic acids is 1.